The maximum absolute atomic E-state index is 13.4. The zero-order chi connectivity index (χ0) is 24.4. The fourth-order valence-electron chi connectivity index (χ4n) is 4.22. The predicted molar refractivity (Wildman–Crippen MR) is 126 cm³/mol. The van der Waals surface area contributed by atoms with Gasteiger partial charge in [-0.2, -0.15) is 0 Å². The molecule has 0 bridgehead atoms. The summed E-state index contributed by atoms with van der Waals surface area (Å²) < 4.78 is 26.8. The molecule has 7 nitrogen and oxygen atoms in total. The lowest BCUT2D eigenvalue weighted by Crippen LogP contribution is -2.48. The lowest BCUT2D eigenvalue weighted by Gasteiger charge is -2.39. The third kappa shape index (κ3) is 4.82. The number of aliphatic hydroxyl groups is 1. The number of aromatic nitrogens is 2. The molecular weight excluding hydrogens is 437 g/mol. The highest BCUT2D eigenvalue weighted by molar-refractivity contribution is 5.97. The summed E-state index contributed by atoms with van der Waals surface area (Å²) in [5, 5.41) is 10.5. The van der Waals surface area contributed by atoms with E-state index in [9.17, 15) is 14.3 Å². The quantitative estimate of drug-likeness (QED) is 0.556. The molecule has 4 rings (SSSR count). The zero-order valence-electron chi connectivity index (χ0n) is 19.6. The van der Waals surface area contributed by atoms with Gasteiger partial charge in [0.2, 0.25) is 0 Å². The Morgan fingerprint density at radius 2 is 2.00 bits per heavy atom. The van der Waals surface area contributed by atoms with E-state index in [1.54, 1.807) is 43.5 Å². The summed E-state index contributed by atoms with van der Waals surface area (Å²) in [5.41, 5.74) is 3.09. The fourth-order valence-corrected chi connectivity index (χ4v) is 4.22. The number of morpholine rings is 1. The molecule has 3 aromatic rings. The number of ether oxygens (including phenoxy) is 2. The molecule has 3 atom stereocenters. The molecule has 0 saturated carbocycles. The van der Waals surface area contributed by atoms with E-state index in [1.165, 1.54) is 12.1 Å². The van der Waals surface area contributed by atoms with Crippen molar-refractivity contribution in [2.75, 3.05) is 13.7 Å². The second kappa shape index (κ2) is 9.69. The summed E-state index contributed by atoms with van der Waals surface area (Å²) in [5.74, 6) is 0.0630. The molecule has 1 fully saturated rings. The van der Waals surface area contributed by atoms with Crippen LogP contribution in [0.2, 0.25) is 0 Å². The Labute approximate surface area is 198 Å². The summed E-state index contributed by atoms with van der Waals surface area (Å²) >= 11 is 0. The highest BCUT2D eigenvalue weighted by Crippen LogP contribution is 2.32. The monoisotopic (exact) mass is 465 g/mol. The molecule has 0 spiro atoms. The summed E-state index contributed by atoms with van der Waals surface area (Å²) in [6, 6.07) is 10.8. The molecule has 1 saturated heterocycles. The van der Waals surface area contributed by atoms with Gasteiger partial charge in [-0.3, -0.25) is 4.79 Å². The Hall–Kier alpha value is -3.65. The van der Waals surface area contributed by atoms with E-state index in [1.807, 2.05) is 42.8 Å². The fraction of sp³-hybridized carbons (Fsp3) is 0.308. The van der Waals surface area contributed by atoms with E-state index in [2.05, 4.69) is 4.98 Å². The molecule has 178 valence electrons. The number of nitrogens with zero attached hydrogens (tertiary/aromatic N) is 3. The topological polar surface area (TPSA) is 76.8 Å². The number of halogens is 1. The van der Waals surface area contributed by atoms with Gasteiger partial charge in [-0.05, 0) is 62.2 Å². The van der Waals surface area contributed by atoms with Crippen LogP contribution in [0.3, 0.4) is 0 Å². The molecule has 1 aliphatic rings. The predicted octanol–water partition coefficient (Wildman–Crippen LogP) is 4.04. The Morgan fingerprint density at radius 3 is 2.62 bits per heavy atom. The highest BCUT2D eigenvalue weighted by atomic mass is 19.1. The third-order valence-corrected chi connectivity index (χ3v) is 5.75. The van der Waals surface area contributed by atoms with Crippen molar-refractivity contribution in [3.05, 3.63) is 83.4 Å². The molecule has 8 heteroatoms. The van der Waals surface area contributed by atoms with E-state index in [4.69, 9.17) is 9.47 Å². The van der Waals surface area contributed by atoms with Crippen molar-refractivity contribution in [1.82, 2.24) is 14.5 Å². The number of amides is 1. The standard InChI is InChI=1S/C26H28FN3O4/c1-16-13-29(15-28-16)22-10-5-19(11-23(22)33-4)12-24-26(32)30(14-17(2)34-24)25(18(3)31)20-6-8-21(27)9-7-20/h5-13,15,17-18,25,31H,14H2,1-4H3/t17?,18-,25+/m1/s1. The van der Waals surface area contributed by atoms with Crippen molar-refractivity contribution >= 4 is 12.0 Å². The minimum absolute atomic E-state index is 0.166. The Bertz CT molecular complexity index is 1200. The molecule has 1 N–H and O–H groups in total. The first kappa shape index (κ1) is 23.5. The molecule has 1 unspecified atom stereocenters. The highest BCUT2D eigenvalue weighted by Gasteiger charge is 2.36. The number of rotatable bonds is 6. The smallest absolute Gasteiger partial charge is 0.289 e. The van der Waals surface area contributed by atoms with Gasteiger partial charge in [-0.25, -0.2) is 9.37 Å². The normalized spacial score (nSPS) is 19.1. The molecule has 1 amide bonds. The number of methoxy groups -OCH3 is 1. The number of hydrogen-bond donors (Lipinski definition) is 1. The van der Waals surface area contributed by atoms with Crippen LogP contribution >= 0.6 is 0 Å². The van der Waals surface area contributed by atoms with Crippen LogP contribution in [0.1, 0.15) is 36.7 Å². The summed E-state index contributed by atoms with van der Waals surface area (Å²) in [6.07, 6.45) is 4.12. The molecule has 34 heavy (non-hydrogen) atoms. The van der Waals surface area contributed by atoms with Gasteiger partial charge < -0.3 is 24.0 Å². The lowest BCUT2D eigenvalue weighted by atomic mass is 9.98. The largest absolute Gasteiger partial charge is 0.495 e. The van der Waals surface area contributed by atoms with Crippen LogP contribution in [-0.4, -0.2) is 51.3 Å². The molecule has 1 aliphatic heterocycles. The molecular formula is C26H28FN3O4. The number of aliphatic hydroxyl groups excluding tert-OH is 1. The second-order valence-corrected chi connectivity index (χ2v) is 8.49. The van der Waals surface area contributed by atoms with E-state index < -0.39 is 12.1 Å². The Morgan fingerprint density at radius 1 is 1.26 bits per heavy atom. The van der Waals surface area contributed by atoms with E-state index >= 15 is 0 Å². The number of aryl methyl sites for hydroxylation is 1. The van der Waals surface area contributed by atoms with Crippen LogP contribution < -0.4 is 4.74 Å². The first-order valence-corrected chi connectivity index (χ1v) is 11.1. The van der Waals surface area contributed by atoms with Gasteiger partial charge >= 0.3 is 0 Å². The van der Waals surface area contributed by atoms with Crippen LogP contribution in [0.5, 0.6) is 5.75 Å². The Kier molecular flexibility index (Phi) is 6.70. The average Bonchev–Trinajstić information content (AvgIpc) is 3.24. The van der Waals surface area contributed by atoms with Crippen molar-refractivity contribution in [2.24, 2.45) is 0 Å². The van der Waals surface area contributed by atoms with Gasteiger partial charge in [0.05, 0.1) is 43.5 Å². The van der Waals surface area contributed by atoms with E-state index in [0.29, 0.717) is 17.9 Å². The Balaban J connectivity index is 1.67. The van der Waals surface area contributed by atoms with Crippen molar-refractivity contribution in [3.8, 4) is 11.4 Å². The first-order valence-electron chi connectivity index (χ1n) is 11.1. The molecule has 0 aliphatic carbocycles. The second-order valence-electron chi connectivity index (χ2n) is 8.49. The minimum atomic E-state index is -0.862. The third-order valence-electron chi connectivity index (χ3n) is 5.75. The van der Waals surface area contributed by atoms with Crippen LogP contribution in [0.25, 0.3) is 11.8 Å². The summed E-state index contributed by atoms with van der Waals surface area (Å²) in [6.45, 7) is 5.69. The van der Waals surface area contributed by atoms with Gasteiger partial charge in [-0.15, -0.1) is 0 Å². The number of carbonyl (C=O) groups excluding carboxylic acids is 1. The van der Waals surface area contributed by atoms with E-state index in [0.717, 1.165) is 16.9 Å². The van der Waals surface area contributed by atoms with Crippen LogP contribution in [0.15, 0.2) is 60.7 Å². The molecule has 0 radical (unpaired) electrons. The summed E-state index contributed by atoms with van der Waals surface area (Å²) in [4.78, 5) is 19.2. The van der Waals surface area contributed by atoms with E-state index in [-0.39, 0.29) is 23.6 Å². The number of hydrogen-bond acceptors (Lipinski definition) is 5. The van der Waals surface area contributed by atoms with Crippen molar-refractivity contribution < 1.29 is 23.8 Å². The van der Waals surface area contributed by atoms with Gasteiger partial charge in [0.1, 0.15) is 17.7 Å². The van der Waals surface area contributed by atoms with Crippen LogP contribution in [0.4, 0.5) is 4.39 Å². The maximum Gasteiger partial charge on any atom is 0.289 e. The zero-order valence-corrected chi connectivity index (χ0v) is 19.6. The van der Waals surface area contributed by atoms with Gasteiger partial charge in [0.25, 0.3) is 5.91 Å². The first-order chi connectivity index (χ1) is 16.3. The SMILES string of the molecule is COc1cc(C=C2OC(C)CN([C@H](c3ccc(F)cc3)[C@@H](C)O)C2=O)ccc1-n1cnc(C)c1. The summed E-state index contributed by atoms with van der Waals surface area (Å²) in [7, 11) is 1.58. The van der Waals surface area contributed by atoms with Gasteiger partial charge in [-0.1, -0.05) is 18.2 Å². The average molecular weight is 466 g/mol. The van der Waals surface area contributed by atoms with Crippen molar-refractivity contribution in [2.45, 2.75) is 39.0 Å². The maximum atomic E-state index is 13.4. The molecule has 2 aromatic carbocycles. The van der Waals surface area contributed by atoms with Gasteiger partial charge in [0.15, 0.2) is 5.76 Å². The van der Waals surface area contributed by atoms with Crippen LogP contribution in [0, 0.1) is 12.7 Å². The molecule has 1 aromatic heterocycles. The number of imidazole rings is 1. The van der Waals surface area contributed by atoms with Gasteiger partial charge in [0, 0.05) is 6.20 Å². The number of benzene rings is 2. The number of carbonyl (C=O) groups is 1. The van der Waals surface area contributed by atoms with Crippen molar-refractivity contribution in [1.29, 1.82) is 0 Å². The lowest BCUT2D eigenvalue weighted by molar-refractivity contribution is -0.145. The minimum Gasteiger partial charge on any atom is -0.495 e. The van der Waals surface area contributed by atoms with Crippen molar-refractivity contribution in [3.63, 3.8) is 0 Å². The molecule has 2 heterocycles. The van der Waals surface area contributed by atoms with Crippen LogP contribution in [-0.2, 0) is 9.53 Å².